The number of hydrogen-bond acceptors (Lipinski definition) is 3. The van der Waals surface area contributed by atoms with Gasteiger partial charge in [0.05, 0.1) is 23.6 Å². The van der Waals surface area contributed by atoms with E-state index in [4.69, 9.17) is 0 Å². The number of rotatable bonds is 1. The first-order valence-corrected chi connectivity index (χ1v) is 4.74. The normalized spacial score (nSPS) is 24.3. The summed E-state index contributed by atoms with van der Waals surface area (Å²) in [5.74, 6) is 1.20. The van der Waals surface area contributed by atoms with Crippen molar-refractivity contribution in [1.82, 2.24) is 14.9 Å². The molecule has 1 aliphatic heterocycles. The zero-order valence-electron chi connectivity index (χ0n) is 6.45. The van der Waals surface area contributed by atoms with Crippen LogP contribution in [0.15, 0.2) is 12.5 Å². The Kier molecular flexibility index (Phi) is 1.87. The van der Waals surface area contributed by atoms with Crippen LogP contribution < -0.4 is 5.32 Å². The minimum atomic E-state index is 0.461. The topological polar surface area (TPSA) is 29.9 Å². The van der Waals surface area contributed by atoms with Crippen LogP contribution in [0.4, 0.5) is 0 Å². The molecule has 1 fully saturated rings. The van der Waals surface area contributed by atoms with Crippen molar-refractivity contribution >= 4 is 11.8 Å². The summed E-state index contributed by atoms with van der Waals surface area (Å²) in [6.45, 7) is 1.11. The molecule has 1 unspecified atom stereocenters. The molecule has 2 rings (SSSR count). The standard InChI is InChI=1S/C7H11N3S/c1-10-5-8-4-6(10)7-9-2-3-11-7/h4-5,7,9H,2-3H2,1H3. The molecule has 2 heterocycles. The van der Waals surface area contributed by atoms with Gasteiger partial charge in [0.25, 0.3) is 0 Å². The van der Waals surface area contributed by atoms with Gasteiger partial charge in [-0.05, 0) is 0 Å². The number of nitrogens with one attached hydrogen (secondary N) is 1. The van der Waals surface area contributed by atoms with Gasteiger partial charge in [-0.25, -0.2) is 4.98 Å². The van der Waals surface area contributed by atoms with Crippen LogP contribution in [0.25, 0.3) is 0 Å². The fraction of sp³-hybridized carbons (Fsp3) is 0.571. The Bertz CT molecular complexity index is 240. The highest BCUT2D eigenvalue weighted by Crippen LogP contribution is 2.28. The molecule has 0 radical (unpaired) electrons. The third-order valence-electron chi connectivity index (χ3n) is 1.84. The highest BCUT2D eigenvalue weighted by atomic mass is 32.2. The van der Waals surface area contributed by atoms with Gasteiger partial charge >= 0.3 is 0 Å². The molecule has 0 bridgehead atoms. The molecular weight excluding hydrogens is 158 g/mol. The molecule has 11 heavy (non-hydrogen) atoms. The second-order valence-electron chi connectivity index (χ2n) is 2.63. The molecule has 1 aromatic heterocycles. The van der Waals surface area contributed by atoms with E-state index < -0.39 is 0 Å². The van der Waals surface area contributed by atoms with Crippen molar-refractivity contribution in [2.75, 3.05) is 12.3 Å². The maximum Gasteiger partial charge on any atom is 0.0958 e. The monoisotopic (exact) mass is 169 g/mol. The first kappa shape index (κ1) is 7.18. The molecule has 1 aromatic rings. The lowest BCUT2D eigenvalue weighted by atomic mass is 10.4. The predicted octanol–water partition coefficient (Wildman–Crippen LogP) is 0.755. The van der Waals surface area contributed by atoms with Crippen molar-refractivity contribution in [1.29, 1.82) is 0 Å². The molecule has 0 aliphatic carbocycles. The second kappa shape index (κ2) is 2.87. The predicted molar refractivity (Wildman–Crippen MR) is 46.4 cm³/mol. The summed E-state index contributed by atoms with van der Waals surface area (Å²) in [5, 5.41) is 3.86. The minimum Gasteiger partial charge on any atom is -0.336 e. The number of aryl methyl sites for hydroxylation is 1. The van der Waals surface area contributed by atoms with Crippen LogP contribution >= 0.6 is 11.8 Å². The molecule has 60 valence electrons. The number of thioether (sulfide) groups is 1. The Morgan fingerprint density at radius 1 is 1.82 bits per heavy atom. The minimum absolute atomic E-state index is 0.461. The molecule has 1 saturated heterocycles. The average molecular weight is 169 g/mol. The van der Waals surface area contributed by atoms with Gasteiger partial charge < -0.3 is 4.57 Å². The molecule has 0 saturated carbocycles. The van der Waals surface area contributed by atoms with Crippen molar-refractivity contribution < 1.29 is 0 Å². The molecule has 4 heteroatoms. The zero-order chi connectivity index (χ0) is 7.68. The Morgan fingerprint density at radius 2 is 2.73 bits per heavy atom. The van der Waals surface area contributed by atoms with E-state index in [1.54, 1.807) is 0 Å². The summed E-state index contributed by atoms with van der Waals surface area (Å²) in [4.78, 5) is 4.08. The highest BCUT2D eigenvalue weighted by molar-refractivity contribution is 7.99. The number of imidazole rings is 1. The lowest BCUT2D eigenvalue weighted by Crippen LogP contribution is -2.14. The van der Waals surface area contributed by atoms with E-state index in [0.717, 1.165) is 6.54 Å². The van der Waals surface area contributed by atoms with Crippen molar-refractivity contribution in [2.24, 2.45) is 7.05 Å². The van der Waals surface area contributed by atoms with E-state index in [0.29, 0.717) is 5.37 Å². The zero-order valence-corrected chi connectivity index (χ0v) is 7.27. The van der Waals surface area contributed by atoms with E-state index >= 15 is 0 Å². The van der Waals surface area contributed by atoms with E-state index in [-0.39, 0.29) is 0 Å². The van der Waals surface area contributed by atoms with Gasteiger partial charge in [0, 0.05) is 19.3 Å². The first-order valence-electron chi connectivity index (χ1n) is 3.69. The van der Waals surface area contributed by atoms with Crippen LogP contribution in [-0.4, -0.2) is 21.8 Å². The SMILES string of the molecule is Cn1cncc1C1NCCS1. The first-order chi connectivity index (χ1) is 5.38. The second-order valence-corrected chi connectivity index (χ2v) is 3.85. The van der Waals surface area contributed by atoms with Gasteiger partial charge in [-0.1, -0.05) is 0 Å². The molecule has 1 N–H and O–H groups in total. The van der Waals surface area contributed by atoms with Crippen molar-refractivity contribution in [3.63, 3.8) is 0 Å². The lowest BCUT2D eigenvalue weighted by molar-refractivity contribution is 0.695. The summed E-state index contributed by atoms with van der Waals surface area (Å²) in [7, 11) is 2.03. The molecule has 0 spiro atoms. The molecule has 1 aliphatic rings. The summed E-state index contributed by atoms with van der Waals surface area (Å²) < 4.78 is 2.07. The Hall–Kier alpha value is -0.480. The smallest absolute Gasteiger partial charge is 0.0958 e. The van der Waals surface area contributed by atoms with E-state index in [1.807, 2.05) is 31.3 Å². The van der Waals surface area contributed by atoms with Crippen LogP contribution in [0.1, 0.15) is 11.1 Å². The number of aromatic nitrogens is 2. The fourth-order valence-electron chi connectivity index (χ4n) is 1.24. The van der Waals surface area contributed by atoms with E-state index in [2.05, 4.69) is 14.9 Å². The van der Waals surface area contributed by atoms with Gasteiger partial charge in [-0.2, -0.15) is 0 Å². The Labute approximate surface area is 70.2 Å². The van der Waals surface area contributed by atoms with Crippen molar-refractivity contribution in [3.05, 3.63) is 18.2 Å². The van der Waals surface area contributed by atoms with E-state index in [1.165, 1.54) is 11.4 Å². The number of hydrogen-bond donors (Lipinski definition) is 1. The van der Waals surface area contributed by atoms with Crippen LogP contribution in [0, 0.1) is 0 Å². The van der Waals surface area contributed by atoms with E-state index in [9.17, 15) is 0 Å². The third-order valence-corrected chi connectivity index (χ3v) is 3.02. The third kappa shape index (κ3) is 1.28. The number of nitrogens with zero attached hydrogens (tertiary/aromatic N) is 2. The molecule has 0 amide bonds. The summed E-state index contributed by atoms with van der Waals surface area (Å²) in [6.07, 6.45) is 3.77. The van der Waals surface area contributed by atoms with Crippen molar-refractivity contribution in [2.45, 2.75) is 5.37 Å². The van der Waals surface area contributed by atoms with Gasteiger partial charge in [0.15, 0.2) is 0 Å². The Morgan fingerprint density at radius 3 is 3.27 bits per heavy atom. The highest BCUT2D eigenvalue weighted by Gasteiger charge is 2.18. The van der Waals surface area contributed by atoms with Crippen LogP contribution in [0.3, 0.4) is 0 Å². The fourth-order valence-corrected chi connectivity index (χ4v) is 2.34. The maximum absolute atomic E-state index is 4.08. The largest absolute Gasteiger partial charge is 0.336 e. The summed E-state index contributed by atoms with van der Waals surface area (Å²) >= 11 is 1.94. The van der Waals surface area contributed by atoms with Gasteiger partial charge in [0.2, 0.25) is 0 Å². The van der Waals surface area contributed by atoms with Crippen LogP contribution in [0.2, 0.25) is 0 Å². The average Bonchev–Trinajstić information content (AvgIpc) is 2.55. The molecule has 1 atom stereocenters. The van der Waals surface area contributed by atoms with Gasteiger partial charge in [-0.15, -0.1) is 11.8 Å². The van der Waals surface area contributed by atoms with Gasteiger partial charge in [0.1, 0.15) is 0 Å². The van der Waals surface area contributed by atoms with Crippen molar-refractivity contribution in [3.8, 4) is 0 Å². The maximum atomic E-state index is 4.08. The lowest BCUT2D eigenvalue weighted by Gasteiger charge is -2.08. The van der Waals surface area contributed by atoms with Gasteiger partial charge in [-0.3, -0.25) is 5.32 Å². The van der Waals surface area contributed by atoms with Crippen LogP contribution in [-0.2, 0) is 7.05 Å². The Balaban J connectivity index is 2.21. The molecule has 3 nitrogen and oxygen atoms in total. The summed E-state index contributed by atoms with van der Waals surface area (Å²) in [5.41, 5.74) is 1.27. The molecular formula is C7H11N3S. The molecule has 0 aromatic carbocycles. The summed E-state index contributed by atoms with van der Waals surface area (Å²) in [6, 6.07) is 0. The quantitative estimate of drug-likeness (QED) is 0.673. The van der Waals surface area contributed by atoms with Crippen LogP contribution in [0.5, 0.6) is 0 Å².